The number of carbonyl (C=O) groups is 2. The molecular formula is C16H21F3N6O3. The van der Waals surface area contributed by atoms with Crippen LogP contribution in [0.4, 0.5) is 29.6 Å². The van der Waals surface area contributed by atoms with E-state index in [2.05, 4.69) is 5.10 Å². The van der Waals surface area contributed by atoms with Gasteiger partial charge in [-0.1, -0.05) is 0 Å². The zero-order valence-electron chi connectivity index (χ0n) is 15.7. The van der Waals surface area contributed by atoms with Crippen LogP contribution in [0, 0.1) is 11.3 Å². The third kappa shape index (κ3) is 5.05. The van der Waals surface area contributed by atoms with Gasteiger partial charge in [0.15, 0.2) is 11.6 Å². The minimum Gasteiger partial charge on any atom is -0.444 e. The summed E-state index contributed by atoms with van der Waals surface area (Å²) in [5.74, 6) is -1.80. The molecule has 0 atom stereocenters. The quantitative estimate of drug-likeness (QED) is 0.804. The average Bonchev–Trinajstić information content (AvgIpc) is 2.88. The molecule has 0 radical (unpaired) electrons. The van der Waals surface area contributed by atoms with Crippen LogP contribution < -0.4 is 10.6 Å². The van der Waals surface area contributed by atoms with Gasteiger partial charge in [-0.05, 0) is 20.8 Å². The van der Waals surface area contributed by atoms with Gasteiger partial charge in [0.1, 0.15) is 23.7 Å². The molecule has 1 fully saturated rings. The zero-order chi connectivity index (χ0) is 21.3. The van der Waals surface area contributed by atoms with Gasteiger partial charge in [0.25, 0.3) is 5.91 Å². The van der Waals surface area contributed by atoms with Crippen LogP contribution in [-0.4, -0.2) is 64.6 Å². The number of nitrogen functional groups attached to an aromatic ring is 1. The van der Waals surface area contributed by atoms with E-state index >= 15 is 0 Å². The third-order valence-electron chi connectivity index (χ3n) is 3.83. The number of halogens is 3. The summed E-state index contributed by atoms with van der Waals surface area (Å²) in [6.07, 6.45) is -6.95. The number of hydrogen-bond donors (Lipinski definition) is 1. The molecular weight excluding hydrogens is 381 g/mol. The lowest BCUT2D eigenvalue weighted by Crippen LogP contribution is -2.50. The molecule has 1 aliphatic heterocycles. The van der Waals surface area contributed by atoms with E-state index < -0.39 is 36.0 Å². The average molecular weight is 402 g/mol. The van der Waals surface area contributed by atoms with Gasteiger partial charge in [0.05, 0.1) is 0 Å². The van der Waals surface area contributed by atoms with Crippen molar-refractivity contribution in [3.63, 3.8) is 0 Å². The summed E-state index contributed by atoms with van der Waals surface area (Å²) < 4.78 is 43.1. The summed E-state index contributed by atoms with van der Waals surface area (Å²) in [6, 6.07) is 1.78. The number of amides is 1. The van der Waals surface area contributed by atoms with Crippen LogP contribution in [0.5, 0.6) is 0 Å². The number of anilines is 2. The second kappa shape index (κ2) is 7.57. The molecule has 0 unspecified atom stereocenters. The molecule has 2 rings (SSSR count). The largest absolute Gasteiger partial charge is 0.444 e. The SMILES string of the molecule is CC(C)(C)OC(=O)N1CCN(c2nn(C(=O)CC(F)(F)F)c(N)c2C#N)CC1. The van der Waals surface area contributed by atoms with Crippen molar-refractivity contribution in [2.45, 2.75) is 39.0 Å². The lowest BCUT2D eigenvalue weighted by Gasteiger charge is -2.35. The lowest BCUT2D eigenvalue weighted by atomic mass is 10.2. The van der Waals surface area contributed by atoms with E-state index in [0.29, 0.717) is 4.68 Å². The summed E-state index contributed by atoms with van der Waals surface area (Å²) in [4.78, 5) is 27.0. The molecule has 0 spiro atoms. The normalized spacial score (nSPS) is 15.3. The molecule has 9 nitrogen and oxygen atoms in total. The first-order valence-corrected chi connectivity index (χ1v) is 8.44. The van der Waals surface area contributed by atoms with Crippen LogP contribution in [0.15, 0.2) is 0 Å². The van der Waals surface area contributed by atoms with Crippen molar-refractivity contribution in [1.82, 2.24) is 14.7 Å². The highest BCUT2D eigenvalue weighted by Gasteiger charge is 2.35. The monoisotopic (exact) mass is 402 g/mol. The van der Waals surface area contributed by atoms with E-state index in [1.54, 1.807) is 31.7 Å². The molecule has 12 heteroatoms. The Bertz CT molecular complexity index is 798. The van der Waals surface area contributed by atoms with Crippen molar-refractivity contribution in [3.8, 4) is 6.07 Å². The summed E-state index contributed by atoms with van der Waals surface area (Å²) >= 11 is 0. The Hall–Kier alpha value is -2.97. The lowest BCUT2D eigenvalue weighted by molar-refractivity contribution is -0.126. The molecule has 1 aliphatic rings. The number of alkyl halides is 3. The Labute approximate surface area is 159 Å². The van der Waals surface area contributed by atoms with Gasteiger partial charge in [-0.25, -0.2) is 4.79 Å². The van der Waals surface area contributed by atoms with E-state index in [1.807, 2.05) is 0 Å². The molecule has 2 N–H and O–H groups in total. The number of aromatic nitrogens is 2. The van der Waals surface area contributed by atoms with Crippen molar-refractivity contribution in [2.24, 2.45) is 0 Å². The highest BCUT2D eigenvalue weighted by Crippen LogP contribution is 2.28. The third-order valence-corrected chi connectivity index (χ3v) is 3.83. The highest BCUT2D eigenvalue weighted by molar-refractivity contribution is 5.85. The van der Waals surface area contributed by atoms with Crippen LogP contribution in [0.1, 0.15) is 37.6 Å². The summed E-state index contributed by atoms with van der Waals surface area (Å²) in [6.45, 7) is 6.23. The number of nitrogens with zero attached hydrogens (tertiary/aromatic N) is 5. The van der Waals surface area contributed by atoms with Crippen molar-refractivity contribution in [1.29, 1.82) is 5.26 Å². The van der Waals surface area contributed by atoms with Crippen molar-refractivity contribution in [2.75, 3.05) is 36.8 Å². The molecule has 154 valence electrons. The number of hydrogen-bond acceptors (Lipinski definition) is 7. The molecule has 2 heterocycles. The molecule has 1 aromatic rings. The molecule has 0 bridgehead atoms. The second-order valence-corrected chi connectivity index (χ2v) is 7.25. The maximum absolute atomic E-state index is 12.5. The number of nitriles is 1. The number of rotatable bonds is 2. The standard InChI is InChI=1S/C16H21F3N6O3/c1-15(2,3)28-14(27)24-6-4-23(5-7-24)13-10(9-20)12(21)25(22-13)11(26)8-16(17,18)19/h4-8,21H2,1-3H3. The first-order chi connectivity index (χ1) is 12.8. The van der Waals surface area contributed by atoms with Gasteiger partial charge in [-0.15, -0.1) is 5.10 Å². The van der Waals surface area contributed by atoms with E-state index in [-0.39, 0.29) is 37.6 Å². The van der Waals surface area contributed by atoms with E-state index in [0.717, 1.165) is 0 Å². The molecule has 28 heavy (non-hydrogen) atoms. The summed E-state index contributed by atoms with van der Waals surface area (Å²) in [5.41, 5.74) is 4.84. The molecule has 1 saturated heterocycles. The van der Waals surface area contributed by atoms with E-state index in [1.165, 1.54) is 4.90 Å². The number of ether oxygens (including phenoxy) is 1. The number of carbonyl (C=O) groups excluding carboxylic acids is 2. The van der Waals surface area contributed by atoms with E-state index in [4.69, 9.17) is 10.5 Å². The van der Waals surface area contributed by atoms with Crippen LogP contribution >= 0.6 is 0 Å². The fraction of sp³-hybridized carbons (Fsp3) is 0.625. The van der Waals surface area contributed by atoms with Crippen LogP contribution in [0.25, 0.3) is 0 Å². The fourth-order valence-electron chi connectivity index (χ4n) is 2.61. The molecule has 0 aliphatic carbocycles. The first kappa shape index (κ1) is 21.3. The maximum Gasteiger partial charge on any atom is 0.410 e. The topological polar surface area (TPSA) is 117 Å². The zero-order valence-corrected chi connectivity index (χ0v) is 15.7. The number of nitrogens with two attached hydrogens (primary N) is 1. The smallest absolute Gasteiger partial charge is 0.410 e. The van der Waals surface area contributed by atoms with Gasteiger partial charge < -0.3 is 20.3 Å². The second-order valence-electron chi connectivity index (χ2n) is 7.25. The minimum absolute atomic E-state index is 0.0133. The minimum atomic E-state index is -4.72. The Morgan fingerprint density at radius 2 is 1.79 bits per heavy atom. The Balaban J connectivity index is 2.15. The predicted molar refractivity (Wildman–Crippen MR) is 92.7 cm³/mol. The molecule has 1 aromatic heterocycles. The van der Waals surface area contributed by atoms with Gasteiger partial charge in [0, 0.05) is 26.2 Å². The van der Waals surface area contributed by atoms with E-state index in [9.17, 15) is 28.0 Å². The van der Waals surface area contributed by atoms with Crippen LogP contribution in [0.2, 0.25) is 0 Å². The van der Waals surface area contributed by atoms with Crippen molar-refractivity contribution in [3.05, 3.63) is 5.56 Å². The maximum atomic E-state index is 12.5. The van der Waals surface area contributed by atoms with Crippen LogP contribution in [-0.2, 0) is 4.74 Å². The summed E-state index contributed by atoms with van der Waals surface area (Å²) in [7, 11) is 0. The van der Waals surface area contributed by atoms with Gasteiger partial charge >= 0.3 is 12.3 Å². The van der Waals surface area contributed by atoms with Crippen LogP contribution in [0.3, 0.4) is 0 Å². The first-order valence-electron chi connectivity index (χ1n) is 8.44. The Kier molecular flexibility index (Phi) is 5.77. The number of piperazine rings is 1. The predicted octanol–water partition coefficient (Wildman–Crippen LogP) is 1.99. The molecule has 0 saturated carbocycles. The molecule has 0 aromatic carbocycles. The van der Waals surface area contributed by atoms with Crippen molar-refractivity contribution >= 4 is 23.6 Å². The van der Waals surface area contributed by atoms with Crippen molar-refractivity contribution < 1.29 is 27.5 Å². The Morgan fingerprint density at radius 3 is 2.25 bits per heavy atom. The molecule has 1 amide bonds. The van der Waals surface area contributed by atoms with Gasteiger partial charge in [0.2, 0.25) is 0 Å². The van der Waals surface area contributed by atoms with Gasteiger partial charge in [-0.3, -0.25) is 4.79 Å². The Morgan fingerprint density at radius 1 is 1.21 bits per heavy atom. The summed E-state index contributed by atoms with van der Waals surface area (Å²) in [5, 5.41) is 13.1. The highest BCUT2D eigenvalue weighted by atomic mass is 19.4. The van der Waals surface area contributed by atoms with Gasteiger partial charge in [-0.2, -0.15) is 23.1 Å². The fourth-order valence-corrected chi connectivity index (χ4v) is 2.61.